The fourth-order valence-electron chi connectivity index (χ4n) is 9.67. The van der Waals surface area contributed by atoms with Gasteiger partial charge in [-0.05, 0) is 122 Å². The summed E-state index contributed by atoms with van der Waals surface area (Å²) in [5, 5.41) is 0. The molecule has 0 aromatic heterocycles. The number of carbonyl (C=O) groups is 3. The lowest BCUT2D eigenvalue weighted by Gasteiger charge is -2.18. The van der Waals surface area contributed by atoms with Gasteiger partial charge >= 0.3 is 17.9 Å². The molecule has 0 fully saturated rings. The minimum atomic E-state index is -0.787. The van der Waals surface area contributed by atoms with Crippen LogP contribution in [0.5, 0.6) is 0 Å². The lowest BCUT2D eigenvalue weighted by Crippen LogP contribution is -2.30. The molecule has 0 bridgehead atoms. The van der Waals surface area contributed by atoms with E-state index < -0.39 is 6.10 Å². The van der Waals surface area contributed by atoms with Crippen LogP contribution in [0.2, 0.25) is 0 Å². The fraction of sp³-hybridized carbons (Fsp3) is 0.743. The second-order valence-electron chi connectivity index (χ2n) is 22.7. The van der Waals surface area contributed by atoms with Gasteiger partial charge in [-0.3, -0.25) is 14.4 Å². The molecular weight excluding hydrogens is 985 g/mol. The molecule has 0 aromatic carbocycles. The maximum absolute atomic E-state index is 13.0. The van der Waals surface area contributed by atoms with Gasteiger partial charge in [0.2, 0.25) is 0 Å². The van der Waals surface area contributed by atoms with E-state index >= 15 is 0 Å². The molecule has 0 aliphatic heterocycles. The second-order valence-corrected chi connectivity index (χ2v) is 22.7. The van der Waals surface area contributed by atoms with Gasteiger partial charge in [0.25, 0.3) is 0 Å². The van der Waals surface area contributed by atoms with Gasteiger partial charge in [0.1, 0.15) is 13.2 Å². The molecule has 0 aliphatic rings. The van der Waals surface area contributed by atoms with Crippen LogP contribution < -0.4 is 0 Å². The maximum atomic E-state index is 13.0. The third kappa shape index (κ3) is 65.1. The number of carbonyl (C=O) groups excluding carboxylic acids is 3. The molecule has 0 rings (SSSR count). The van der Waals surface area contributed by atoms with Gasteiger partial charge in [-0.1, -0.05) is 291 Å². The summed E-state index contributed by atoms with van der Waals surface area (Å²) in [7, 11) is 0. The second kappa shape index (κ2) is 67.8. The van der Waals surface area contributed by atoms with E-state index in [9.17, 15) is 14.4 Å². The fourth-order valence-corrected chi connectivity index (χ4v) is 9.67. The molecule has 1 unspecified atom stereocenters. The van der Waals surface area contributed by atoms with Crippen LogP contribution >= 0.6 is 0 Å². The molecular formula is C74H128O6. The third-order valence-electron chi connectivity index (χ3n) is 14.8. The monoisotopic (exact) mass is 1110 g/mol. The van der Waals surface area contributed by atoms with Gasteiger partial charge in [0.15, 0.2) is 6.10 Å². The molecule has 0 N–H and O–H groups in total. The van der Waals surface area contributed by atoms with Crippen molar-refractivity contribution in [2.45, 2.75) is 341 Å². The van der Waals surface area contributed by atoms with Crippen molar-refractivity contribution < 1.29 is 28.6 Å². The van der Waals surface area contributed by atoms with Gasteiger partial charge in [-0.2, -0.15) is 0 Å². The summed E-state index contributed by atoms with van der Waals surface area (Å²) in [5.74, 6) is -0.884. The smallest absolute Gasteiger partial charge is 0.306 e. The molecule has 460 valence electrons. The highest BCUT2D eigenvalue weighted by Gasteiger charge is 2.19. The molecule has 0 aliphatic carbocycles. The van der Waals surface area contributed by atoms with Crippen LogP contribution in [0, 0.1) is 0 Å². The average molecular weight is 1110 g/mol. The highest BCUT2D eigenvalue weighted by molar-refractivity contribution is 5.71. The number of esters is 3. The minimum absolute atomic E-state index is 0.0828. The van der Waals surface area contributed by atoms with E-state index in [1.807, 2.05) is 0 Å². The number of hydrogen-bond donors (Lipinski definition) is 0. The zero-order valence-electron chi connectivity index (χ0n) is 52.8. The molecule has 1 atom stereocenters. The molecule has 80 heavy (non-hydrogen) atoms. The van der Waals surface area contributed by atoms with Crippen LogP contribution in [0.25, 0.3) is 0 Å². The third-order valence-corrected chi connectivity index (χ3v) is 14.8. The van der Waals surface area contributed by atoms with Crippen LogP contribution in [-0.2, 0) is 28.6 Å². The molecule has 0 amide bonds. The number of hydrogen-bond acceptors (Lipinski definition) is 6. The minimum Gasteiger partial charge on any atom is -0.462 e. The zero-order valence-corrected chi connectivity index (χ0v) is 52.8. The van der Waals surface area contributed by atoms with Crippen molar-refractivity contribution in [3.8, 4) is 0 Å². The Morgan fingerprint density at radius 3 is 0.787 bits per heavy atom. The quantitative estimate of drug-likeness (QED) is 0.0261. The van der Waals surface area contributed by atoms with Crippen LogP contribution in [0.15, 0.2) is 97.2 Å². The van der Waals surface area contributed by atoms with Gasteiger partial charge in [-0.25, -0.2) is 0 Å². The molecule has 0 spiro atoms. The first-order chi connectivity index (χ1) is 39.5. The van der Waals surface area contributed by atoms with Crippen molar-refractivity contribution in [2.75, 3.05) is 13.2 Å². The van der Waals surface area contributed by atoms with Crippen molar-refractivity contribution in [2.24, 2.45) is 0 Å². The van der Waals surface area contributed by atoms with Crippen LogP contribution in [0.4, 0.5) is 0 Å². The Balaban J connectivity index is 4.38. The van der Waals surface area contributed by atoms with Gasteiger partial charge < -0.3 is 14.2 Å². The van der Waals surface area contributed by atoms with Gasteiger partial charge in [0.05, 0.1) is 0 Å². The van der Waals surface area contributed by atoms with Crippen molar-refractivity contribution in [3.05, 3.63) is 97.2 Å². The Bertz CT molecular complexity index is 1560. The Morgan fingerprint density at radius 1 is 0.263 bits per heavy atom. The molecule has 0 saturated heterocycles. The summed E-state index contributed by atoms with van der Waals surface area (Å²) in [6, 6.07) is 0. The predicted octanol–water partition coefficient (Wildman–Crippen LogP) is 23.6. The van der Waals surface area contributed by atoms with E-state index in [2.05, 4.69) is 118 Å². The lowest BCUT2D eigenvalue weighted by molar-refractivity contribution is -0.167. The van der Waals surface area contributed by atoms with E-state index in [0.717, 1.165) is 109 Å². The molecule has 0 heterocycles. The van der Waals surface area contributed by atoms with Crippen LogP contribution in [-0.4, -0.2) is 37.2 Å². The molecule has 6 heteroatoms. The summed E-state index contributed by atoms with van der Waals surface area (Å²) in [4.78, 5) is 38.5. The number of unbranched alkanes of at least 4 members (excludes halogenated alkanes) is 35. The van der Waals surface area contributed by atoms with Crippen LogP contribution in [0.1, 0.15) is 335 Å². The maximum Gasteiger partial charge on any atom is 0.306 e. The van der Waals surface area contributed by atoms with Crippen molar-refractivity contribution >= 4 is 17.9 Å². The SMILES string of the molecule is CC/C=C\C/C=C\C/C=C\C/C=C\C/C=C\CCCCCCCCCCCC(=O)OCC(COC(=O)CCCCCCCCC/C=C\C/C=C\CCCCCC)OC(=O)CCCCCCCCCCC/C=C\CCCCCCCC. The lowest BCUT2D eigenvalue weighted by atomic mass is 10.1. The van der Waals surface area contributed by atoms with E-state index in [1.165, 1.54) is 186 Å². The molecule has 0 saturated carbocycles. The number of ether oxygens (including phenoxy) is 3. The average Bonchev–Trinajstić information content (AvgIpc) is 3.46. The first-order valence-electron chi connectivity index (χ1n) is 34.2. The van der Waals surface area contributed by atoms with Crippen molar-refractivity contribution in [1.29, 1.82) is 0 Å². The normalized spacial score (nSPS) is 12.7. The summed E-state index contributed by atoms with van der Waals surface area (Å²) in [5.41, 5.74) is 0. The summed E-state index contributed by atoms with van der Waals surface area (Å²) in [6.45, 7) is 6.53. The van der Waals surface area contributed by atoms with Crippen molar-refractivity contribution in [1.82, 2.24) is 0 Å². The molecule has 0 radical (unpaired) electrons. The van der Waals surface area contributed by atoms with E-state index in [1.54, 1.807) is 0 Å². The van der Waals surface area contributed by atoms with Crippen LogP contribution in [0.3, 0.4) is 0 Å². The first-order valence-corrected chi connectivity index (χ1v) is 34.2. The largest absolute Gasteiger partial charge is 0.462 e. The van der Waals surface area contributed by atoms with E-state index in [4.69, 9.17) is 14.2 Å². The standard InChI is InChI=1S/C74H128O6/c1-4-7-10-13-16-19-22-25-28-31-34-35-36-37-38-39-41-43-46-49-52-55-58-61-64-67-73(76)79-70-71(69-78-72(75)66-63-60-57-54-51-48-45-42-33-30-27-24-21-18-15-12-9-6-3)80-74(77)68-65-62-59-56-53-50-47-44-40-32-29-26-23-20-17-14-11-8-5-2/h7,10,16,19,21,24-26,28-30,33-35,37-38,71H,4-6,8-9,11-15,17-18,20,22-23,27,31-32,36,39-70H2,1-3H3/b10-7-,19-16-,24-21-,28-25-,29-26-,33-30-,35-34-,38-37-. The molecule has 6 nitrogen and oxygen atoms in total. The zero-order chi connectivity index (χ0) is 57.8. The highest BCUT2D eigenvalue weighted by atomic mass is 16.6. The first kappa shape index (κ1) is 76.3. The molecule has 0 aromatic rings. The summed E-state index contributed by atoms with van der Waals surface area (Å²) < 4.78 is 17.0. The number of allylic oxidation sites excluding steroid dienone is 16. The Morgan fingerprint density at radius 2 is 0.487 bits per heavy atom. The summed E-state index contributed by atoms with van der Waals surface area (Å²) in [6.07, 6.45) is 91.2. The van der Waals surface area contributed by atoms with E-state index in [-0.39, 0.29) is 31.1 Å². The number of rotatable bonds is 62. The Labute approximate surface area is 496 Å². The predicted molar refractivity (Wildman–Crippen MR) is 348 cm³/mol. The van der Waals surface area contributed by atoms with Crippen molar-refractivity contribution in [3.63, 3.8) is 0 Å². The van der Waals surface area contributed by atoms with E-state index in [0.29, 0.717) is 19.3 Å². The summed E-state index contributed by atoms with van der Waals surface area (Å²) >= 11 is 0. The topological polar surface area (TPSA) is 78.9 Å². The highest BCUT2D eigenvalue weighted by Crippen LogP contribution is 2.16. The Hall–Kier alpha value is -3.67. The Kier molecular flexibility index (Phi) is 64.7. The van der Waals surface area contributed by atoms with Gasteiger partial charge in [0, 0.05) is 19.3 Å². The van der Waals surface area contributed by atoms with Gasteiger partial charge in [-0.15, -0.1) is 0 Å².